The Morgan fingerprint density at radius 3 is 2.97 bits per heavy atom. The van der Waals surface area contributed by atoms with Crippen LogP contribution in [0.3, 0.4) is 0 Å². The average Bonchev–Trinajstić information content (AvgIpc) is 2.71. The Morgan fingerprint density at radius 2 is 2.28 bits per heavy atom. The number of halogens is 1. The van der Waals surface area contributed by atoms with Gasteiger partial charge in [0.15, 0.2) is 11.1 Å². The van der Waals surface area contributed by atoms with Gasteiger partial charge >= 0.3 is 8.60 Å². The largest absolute Gasteiger partial charge is 0.426 e. The van der Waals surface area contributed by atoms with E-state index in [1.165, 1.54) is 13.3 Å². The van der Waals surface area contributed by atoms with Crippen molar-refractivity contribution in [2.45, 2.75) is 32.8 Å². The van der Waals surface area contributed by atoms with E-state index in [0.717, 1.165) is 16.9 Å². The zero-order chi connectivity index (χ0) is 21.4. The highest BCUT2D eigenvalue weighted by molar-refractivity contribution is 7.71. The Bertz CT molecular complexity index is 928. The molecule has 156 valence electrons. The fourth-order valence-corrected chi connectivity index (χ4v) is 3.68. The van der Waals surface area contributed by atoms with E-state index in [4.69, 9.17) is 50.3 Å². The van der Waals surface area contributed by atoms with Gasteiger partial charge in [0.05, 0.1) is 6.61 Å². The monoisotopic (exact) mass is 458 g/mol. The van der Waals surface area contributed by atoms with E-state index in [2.05, 4.69) is 9.72 Å². The van der Waals surface area contributed by atoms with E-state index in [1.54, 1.807) is 4.57 Å². The average molecular weight is 459 g/mol. The van der Waals surface area contributed by atoms with Gasteiger partial charge in [-0.2, -0.15) is 0 Å². The summed E-state index contributed by atoms with van der Waals surface area (Å²) in [6.07, 6.45) is 0.954. The maximum absolute atomic E-state index is 11.0. The SMILES string of the molecule is CO[C@H](O)CCn1cc(Cl)c(=O)[nH]c1=S.[B]COP1OCc2cccc(C)c2O1. The van der Waals surface area contributed by atoms with Gasteiger partial charge in [0.2, 0.25) is 0 Å². The number of para-hydroxylation sites is 1. The maximum Gasteiger partial charge on any atom is 0.396 e. The van der Waals surface area contributed by atoms with Gasteiger partial charge in [-0.05, 0) is 24.7 Å². The van der Waals surface area contributed by atoms with E-state index in [-0.39, 0.29) is 16.3 Å². The molecule has 0 amide bonds. The summed E-state index contributed by atoms with van der Waals surface area (Å²) in [5, 5.41) is 9.22. The molecule has 29 heavy (non-hydrogen) atoms. The van der Waals surface area contributed by atoms with Gasteiger partial charge < -0.3 is 23.5 Å². The number of benzene rings is 1. The summed E-state index contributed by atoms with van der Waals surface area (Å²) in [6.45, 7) is 3.07. The molecule has 1 aliphatic heterocycles. The molecule has 0 aliphatic carbocycles. The third kappa shape index (κ3) is 7.18. The molecule has 1 aromatic carbocycles. The van der Waals surface area contributed by atoms with Gasteiger partial charge in [0.1, 0.15) is 18.6 Å². The van der Waals surface area contributed by atoms with Crippen molar-refractivity contribution in [1.82, 2.24) is 9.55 Å². The van der Waals surface area contributed by atoms with Crippen LogP contribution in [0, 0.1) is 11.7 Å². The highest BCUT2D eigenvalue weighted by Crippen LogP contribution is 2.47. The summed E-state index contributed by atoms with van der Waals surface area (Å²) >= 11 is 10.5. The minimum atomic E-state index is -1.30. The molecule has 0 fully saturated rings. The first-order valence-electron chi connectivity index (χ1n) is 8.58. The van der Waals surface area contributed by atoms with Crippen LogP contribution >= 0.6 is 32.4 Å². The molecule has 0 saturated carbocycles. The van der Waals surface area contributed by atoms with Gasteiger partial charge in [-0.1, -0.05) is 29.8 Å². The third-order valence-corrected chi connectivity index (χ3v) is 5.46. The lowest BCUT2D eigenvalue weighted by molar-refractivity contribution is -0.0803. The molecule has 2 N–H and O–H groups in total. The minimum Gasteiger partial charge on any atom is -0.426 e. The van der Waals surface area contributed by atoms with Crippen LogP contribution in [0.15, 0.2) is 29.2 Å². The number of H-pyrrole nitrogens is 1. The lowest BCUT2D eigenvalue weighted by Crippen LogP contribution is -2.17. The first kappa shape index (κ1) is 24.0. The van der Waals surface area contributed by atoms with Crippen molar-refractivity contribution >= 4 is 40.3 Å². The molecule has 8 nitrogen and oxygen atoms in total. The second-order valence-electron chi connectivity index (χ2n) is 5.86. The number of aryl methyl sites for hydroxylation is 2. The molecule has 1 unspecified atom stereocenters. The molecule has 2 atom stereocenters. The fraction of sp³-hybridized carbons (Fsp3) is 0.412. The highest BCUT2D eigenvalue weighted by atomic mass is 35.5. The van der Waals surface area contributed by atoms with Crippen LogP contribution in [0.4, 0.5) is 0 Å². The number of nitrogens with one attached hydrogen (secondary N) is 1. The Morgan fingerprint density at radius 1 is 1.52 bits per heavy atom. The van der Waals surface area contributed by atoms with Crippen LogP contribution in [0.25, 0.3) is 0 Å². The van der Waals surface area contributed by atoms with Gasteiger partial charge in [0.25, 0.3) is 5.56 Å². The number of fused-ring (bicyclic) bond motifs is 1. The fourth-order valence-electron chi connectivity index (χ4n) is 2.32. The molecule has 2 aromatic rings. The van der Waals surface area contributed by atoms with Crippen molar-refractivity contribution < 1.29 is 23.4 Å². The van der Waals surface area contributed by atoms with Crippen molar-refractivity contribution in [2.24, 2.45) is 0 Å². The van der Waals surface area contributed by atoms with Crippen LogP contribution in [0.2, 0.25) is 5.02 Å². The summed E-state index contributed by atoms with van der Waals surface area (Å²) in [5.41, 5.74) is 1.74. The number of aliphatic hydroxyl groups excluding tert-OH is 1. The number of rotatable bonds is 6. The van der Waals surface area contributed by atoms with E-state index in [1.807, 2.05) is 25.1 Å². The summed E-state index contributed by atoms with van der Waals surface area (Å²) in [5.74, 6) is 0.873. The predicted molar refractivity (Wildman–Crippen MR) is 114 cm³/mol. The van der Waals surface area contributed by atoms with E-state index in [0.29, 0.717) is 19.6 Å². The molecule has 2 radical (unpaired) electrons. The van der Waals surface area contributed by atoms with Gasteiger partial charge in [-0.15, -0.1) is 0 Å². The smallest absolute Gasteiger partial charge is 0.396 e. The number of methoxy groups -OCH3 is 1. The van der Waals surface area contributed by atoms with Crippen molar-refractivity contribution in [2.75, 3.05) is 13.6 Å². The number of aliphatic hydroxyl groups is 1. The maximum atomic E-state index is 11.0. The van der Waals surface area contributed by atoms with Crippen molar-refractivity contribution in [3.05, 3.63) is 55.7 Å². The van der Waals surface area contributed by atoms with Gasteiger partial charge in [0, 0.05) is 38.3 Å². The zero-order valence-electron chi connectivity index (χ0n) is 16.0. The number of nitrogens with zero attached hydrogens (tertiary/aromatic N) is 1. The molecule has 2 heterocycles. The highest BCUT2D eigenvalue weighted by Gasteiger charge is 2.23. The van der Waals surface area contributed by atoms with Crippen LogP contribution in [0.1, 0.15) is 17.5 Å². The lowest BCUT2D eigenvalue weighted by atomic mass is 10.1. The summed E-state index contributed by atoms with van der Waals surface area (Å²) < 4.78 is 22.5. The Balaban J connectivity index is 0.000000207. The first-order chi connectivity index (χ1) is 13.8. The lowest BCUT2D eigenvalue weighted by Gasteiger charge is -2.24. The Hall–Kier alpha value is -1.26. The molecule has 3 rings (SSSR count). The summed E-state index contributed by atoms with van der Waals surface area (Å²) in [4.78, 5) is 13.5. The Labute approximate surface area is 181 Å². The number of aromatic amines is 1. The predicted octanol–water partition coefficient (Wildman–Crippen LogP) is 3.19. The number of hydrogen-bond donors (Lipinski definition) is 2. The molecule has 1 aliphatic rings. The van der Waals surface area contributed by atoms with Crippen LogP contribution in [0.5, 0.6) is 5.75 Å². The second-order valence-corrected chi connectivity index (χ2v) is 7.80. The van der Waals surface area contributed by atoms with E-state index >= 15 is 0 Å². The summed E-state index contributed by atoms with van der Waals surface area (Å²) in [6, 6.07) is 5.97. The van der Waals surface area contributed by atoms with Gasteiger partial charge in [-0.3, -0.25) is 14.3 Å². The minimum absolute atomic E-state index is 0.0653. The number of ether oxygens (including phenoxy) is 1. The van der Waals surface area contributed by atoms with Crippen LogP contribution in [-0.2, 0) is 26.9 Å². The Kier molecular flexibility index (Phi) is 9.78. The molecule has 12 heteroatoms. The number of hydrogen-bond acceptors (Lipinski definition) is 7. The summed E-state index contributed by atoms with van der Waals surface area (Å²) in [7, 11) is 5.36. The van der Waals surface area contributed by atoms with Crippen LogP contribution < -0.4 is 10.1 Å². The molecular weight excluding hydrogens is 438 g/mol. The quantitative estimate of drug-likeness (QED) is 0.297. The van der Waals surface area contributed by atoms with Crippen molar-refractivity contribution in [3.63, 3.8) is 0 Å². The third-order valence-electron chi connectivity index (χ3n) is 3.82. The number of aromatic nitrogens is 2. The zero-order valence-corrected chi connectivity index (χ0v) is 18.4. The molecular formula is C17H21BClN2O6PS. The molecule has 0 spiro atoms. The van der Waals surface area contributed by atoms with Crippen molar-refractivity contribution in [1.29, 1.82) is 0 Å². The van der Waals surface area contributed by atoms with E-state index in [9.17, 15) is 4.79 Å². The normalized spacial score (nSPS) is 16.2. The standard InChI is InChI=1S/C9H10BO3P.C8H11ClN2O3S/c1-7-3-2-4-8-5-11-14(12-6-10)13-9(7)8;1-14-6(12)2-3-11-4-5(9)7(13)10-8(11)15/h2-4H,5-6H2,1H3;4,6,12H,2-3H2,1H3,(H,10,13,15)/t;6-/m.0/s1. The van der Waals surface area contributed by atoms with E-state index < -0.39 is 20.5 Å². The second kappa shape index (κ2) is 11.8. The molecule has 0 saturated heterocycles. The molecule has 1 aromatic heterocycles. The topological polar surface area (TPSA) is 94.9 Å². The molecule has 0 bridgehead atoms. The van der Waals surface area contributed by atoms with Crippen LogP contribution in [-0.4, -0.2) is 42.4 Å². The van der Waals surface area contributed by atoms with Crippen molar-refractivity contribution in [3.8, 4) is 5.75 Å². The van der Waals surface area contributed by atoms with Gasteiger partial charge in [-0.25, -0.2) is 0 Å². The first-order valence-corrected chi connectivity index (χ1v) is 10.5.